The van der Waals surface area contributed by atoms with Crippen molar-refractivity contribution in [1.82, 2.24) is 19.2 Å². The van der Waals surface area contributed by atoms with Crippen molar-refractivity contribution >= 4 is 28.4 Å². The van der Waals surface area contributed by atoms with Gasteiger partial charge in [0.1, 0.15) is 6.33 Å². The molecule has 2 aromatic rings. The van der Waals surface area contributed by atoms with Gasteiger partial charge in [0, 0.05) is 62.4 Å². The molecule has 0 radical (unpaired) electrons. The fourth-order valence-corrected chi connectivity index (χ4v) is 6.10. The minimum atomic E-state index is 0.0887. The summed E-state index contributed by atoms with van der Waals surface area (Å²) in [5.41, 5.74) is 2.58. The van der Waals surface area contributed by atoms with Crippen molar-refractivity contribution in [3.05, 3.63) is 36.2 Å². The zero-order valence-electron chi connectivity index (χ0n) is 17.8. The van der Waals surface area contributed by atoms with Gasteiger partial charge in [-0.15, -0.1) is 0 Å². The molecule has 0 atom stereocenters. The van der Waals surface area contributed by atoms with Crippen molar-refractivity contribution in [1.29, 1.82) is 0 Å². The maximum atomic E-state index is 12.8. The van der Waals surface area contributed by atoms with Gasteiger partial charge in [-0.1, -0.05) is 18.2 Å². The third-order valence-corrected chi connectivity index (χ3v) is 7.92. The van der Waals surface area contributed by atoms with Gasteiger partial charge in [0.05, 0.1) is 0 Å². The van der Waals surface area contributed by atoms with Crippen LogP contribution in [0, 0.1) is 0 Å². The number of amides is 2. The van der Waals surface area contributed by atoms with Gasteiger partial charge < -0.3 is 14.7 Å². The Morgan fingerprint density at radius 2 is 1.87 bits per heavy atom. The molecule has 2 amide bonds. The highest BCUT2D eigenvalue weighted by Gasteiger charge is 2.47. The molecule has 8 heteroatoms. The van der Waals surface area contributed by atoms with E-state index in [1.54, 1.807) is 11.2 Å². The number of hydrogen-bond donors (Lipinski definition) is 0. The fourth-order valence-electron chi connectivity index (χ4n) is 5.52. The molecule has 0 N–H and O–H groups in total. The molecule has 3 aliphatic heterocycles. The van der Waals surface area contributed by atoms with Crippen molar-refractivity contribution in [3.63, 3.8) is 0 Å². The van der Waals surface area contributed by atoms with Crippen molar-refractivity contribution in [2.45, 2.75) is 37.1 Å². The molecular formula is C22H30N6OS. The second-order valence-electron chi connectivity index (χ2n) is 9.04. The van der Waals surface area contributed by atoms with Crippen LogP contribution in [0.5, 0.6) is 0 Å². The van der Waals surface area contributed by atoms with Gasteiger partial charge in [0.25, 0.3) is 0 Å². The summed E-state index contributed by atoms with van der Waals surface area (Å²) in [6, 6.07) is 9.28. The molecule has 7 nitrogen and oxygen atoms in total. The van der Waals surface area contributed by atoms with E-state index in [-0.39, 0.29) is 11.4 Å². The van der Waals surface area contributed by atoms with Crippen molar-refractivity contribution in [2.24, 2.45) is 0 Å². The van der Waals surface area contributed by atoms with E-state index in [2.05, 4.69) is 43.4 Å². The first-order valence-corrected chi connectivity index (χ1v) is 11.7. The van der Waals surface area contributed by atoms with Crippen LogP contribution in [-0.2, 0) is 5.41 Å². The van der Waals surface area contributed by atoms with Crippen LogP contribution in [0.1, 0.15) is 31.2 Å². The molecule has 0 aliphatic carbocycles. The van der Waals surface area contributed by atoms with E-state index in [0.29, 0.717) is 6.04 Å². The smallest absolute Gasteiger partial charge is 0.323 e. The number of likely N-dealkylation sites (tertiary alicyclic amines) is 1. The van der Waals surface area contributed by atoms with E-state index in [9.17, 15) is 4.79 Å². The van der Waals surface area contributed by atoms with Gasteiger partial charge in [-0.25, -0.2) is 9.78 Å². The Morgan fingerprint density at radius 3 is 2.53 bits per heavy atom. The normalized spacial score (nSPS) is 21.8. The largest absolute Gasteiger partial charge is 0.347 e. The highest BCUT2D eigenvalue weighted by atomic mass is 32.1. The van der Waals surface area contributed by atoms with Crippen LogP contribution in [-0.4, -0.2) is 78.0 Å². The van der Waals surface area contributed by atoms with E-state index in [1.807, 2.05) is 19.0 Å². The maximum absolute atomic E-state index is 12.8. The molecule has 2 fully saturated rings. The lowest BCUT2D eigenvalue weighted by atomic mass is 9.74. The third kappa shape index (κ3) is 3.36. The molecule has 0 saturated carbocycles. The standard InChI is InChI=1S/C22H30N6OS/c1-25(2)21(29)28-15-22(18-5-3-4-6-19(18)28)9-13-26(14-10-22)17-7-11-27(12-8-17)20-23-16-24-30-20/h3-6,16-17H,7-15H2,1-2H3. The van der Waals surface area contributed by atoms with Gasteiger partial charge in [0.2, 0.25) is 5.13 Å². The van der Waals surface area contributed by atoms with E-state index >= 15 is 0 Å². The Labute approximate surface area is 182 Å². The van der Waals surface area contributed by atoms with Gasteiger partial charge in [-0.05, 0) is 50.4 Å². The summed E-state index contributed by atoms with van der Waals surface area (Å²) in [6.07, 6.45) is 6.28. The summed E-state index contributed by atoms with van der Waals surface area (Å²) in [7, 11) is 3.68. The highest BCUT2D eigenvalue weighted by molar-refractivity contribution is 7.09. The summed E-state index contributed by atoms with van der Waals surface area (Å²) >= 11 is 1.49. The first-order chi connectivity index (χ1) is 14.6. The van der Waals surface area contributed by atoms with E-state index in [1.165, 1.54) is 29.9 Å². The molecule has 3 aliphatic rings. The van der Waals surface area contributed by atoms with Crippen LogP contribution in [0.2, 0.25) is 0 Å². The number of aromatic nitrogens is 2. The number of fused-ring (bicyclic) bond motifs is 2. The van der Waals surface area contributed by atoms with E-state index in [4.69, 9.17) is 0 Å². The Balaban J connectivity index is 1.25. The summed E-state index contributed by atoms with van der Waals surface area (Å²) in [4.78, 5) is 25.9. The first-order valence-electron chi connectivity index (χ1n) is 10.9. The third-order valence-electron chi connectivity index (χ3n) is 7.20. The van der Waals surface area contributed by atoms with Crippen LogP contribution in [0.3, 0.4) is 0 Å². The van der Waals surface area contributed by atoms with Gasteiger partial charge >= 0.3 is 6.03 Å². The summed E-state index contributed by atoms with van der Waals surface area (Å²) in [5.74, 6) is 0. The fraction of sp³-hybridized carbons (Fsp3) is 0.591. The van der Waals surface area contributed by atoms with Crippen LogP contribution in [0.4, 0.5) is 15.6 Å². The van der Waals surface area contributed by atoms with Crippen LogP contribution >= 0.6 is 11.5 Å². The molecular weight excluding hydrogens is 396 g/mol. The van der Waals surface area contributed by atoms with Crippen molar-refractivity contribution < 1.29 is 4.79 Å². The van der Waals surface area contributed by atoms with Gasteiger partial charge in [-0.3, -0.25) is 4.90 Å². The predicted molar refractivity (Wildman–Crippen MR) is 121 cm³/mol. The Kier molecular flexibility index (Phi) is 5.14. The molecule has 5 rings (SSSR count). The molecule has 4 heterocycles. The first kappa shape index (κ1) is 19.8. The quantitative estimate of drug-likeness (QED) is 0.739. The summed E-state index contributed by atoms with van der Waals surface area (Å²) in [5, 5.41) is 1.05. The Hall–Kier alpha value is -2.19. The second kappa shape index (κ2) is 7.81. The molecule has 0 bridgehead atoms. The summed E-state index contributed by atoms with van der Waals surface area (Å²) < 4.78 is 4.14. The minimum absolute atomic E-state index is 0.0887. The van der Waals surface area contributed by atoms with E-state index in [0.717, 1.165) is 56.4 Å². The number of carbonyl (C=O) groups is 1. The lowest BCUT2D eigenvalue weighted by Gasteiger charge is -2.45. The van der Waals surface area contributed by atoms with E-state index < -0.39 is 0 Å². The number of piperidine rings is 2. The number of benzene rings is 1. The number of anilines is 2. The van der Waals surface area contributed by atoms with Crippen LogP contribution < -0.4 is 9.80 Å². The number of urea groups is 1. The average Bonchev–Trinajstić information content (AvgIpc) is 3.42. The van der Waals surface area contributed by atoms with Gasteiger partial charge in [0.15, 0.2) is 0 Å². The molecule has 0 unspecified atom stereocenters. The van der Waals surface area contributed by atoms with Crippen molar-refractivity contribution in [2.75, 3.05) is 56.6 Å². The van der Waals surface area contributed by atoms with Crippen LogP contribution in [0.15, 0.2) is 30.6 Å². The molecule has 30 heavy (non-hydrogen) atoms. The number of hydrogen-bond acceptors (Lipinski definition) is 6. The SMILES string of the molecule is CN(C)C(=O)N1CC2(CCN(C3CCN(c4ncns4)CC3)CC2)c2ccccc21. The lowest BCUT2D eigenvalue weighted by Crippen LogP contribution is -2.52. The average molecular weight is 427 g/mol. The lowest BCUT2D eigenvalue weighted by molar-refractivity contribution is 0.104. The molecule has 2 saturated heterocycles. The number of nitrogens with zero attached hydrogens (tertiary/aromatic N) is 6. The Bertz CT molecular complexity index is 885. The van der Waals surface area contributed by atoms with Crippen molar-refractivity contribution in [3.8, 4) is 0 Å². The second-order valence-corrected chi connectivity index (χ2v) is 9.80. The molecule has 160 valence electrons. The minimum Gasteiger partial charge on any atom is -0.347 e. The number of rotatable bonds is 2. The number of carbonyl (C=O) groups excluding carboxylic acids is 1. The predicted octanol–water partition coefficient (Wildman–Crippen LogP) is 3.04. The molecule has 1 aromatic carbocycles. The zero-order valence-corrected chi connectivity index (χ0v) is 18.6. The monoisotopic (exact) mass is 426 g/mol. The Morgan fingerprint density at radius 1 is 1.13 bits per heavy atom. The highest BCUT2D eigenvalue weighted by Crippen LogP contribution is 2.47. The molecule has 1 aromatic heterocycles. The zero-order chi connectivity index (χ0) is 20.7. The molecule has 1 spiro atoms. The van der Waals surface area contributed by atoms with Gasteiger partial charge in [-0.2, -0.15) is 4.37 Å². The summed E-state index contributed by atoms with van der Waals surface area (Å²) in [6.45, 7) is 5.17. The van der Waals surface area contributed by atoms with Crippen LogP contribution in [0.25, 0.3) is 0 Å². The maximum Gasteiger partial charge on any atom is 0.323 e. The number of para-hydroxylation sites is 1. The topological polar surface area (TPSA) is 55.8 Å².